The second kappa shape index (κ2) is 9.40. The molecule has 7 heteroatoms. The molecule has 1 heterocycles. The smallest absolute Gasteiger partial charge is 0.242 e. The third-order valence-electron chi connectivity index (χ3n) is 3.00. The van der Waals surface area contributed by atoms with E-state index in [9.17, 15) is 4.79 Å². The fraction of sp³-hybridized carbons (Fsp3) is 0.600. The molecule has 0 radical (unpaired) electrons. The van der Waals surface area contributed by atoms with Gasteiger partial charge in [0.1, 0.15) is 12.3 Å². The van der Waals surface area contributed by atoms with Crippen LogP contribution in [0.25, 0.3) is 0 Å². The average molecular weight is 326 g/mol. The molecule has 1 rings (SSSR count). The van der Waals surface area contributed by atoms with Gasteiger partial charge in [-0.1, -0.05) is 0 Å². The highest BCUT2D eigenvalue weighted by molar-refractivity contribution is 7.99. The van der Waals surface area contributed by atoms with Crippen LogP contribution in [0, 0.1) is 0 Å². The Morgan fingerprint density at radius 2 is 2.14 bits per heavy atom. The van der Waals surface area contributed by atoms with Crippen molar-refractivity contribution in [1.29, 1.82) is 0 Å². The van der Waals surface area contributed by atoms with Crippen LogP contribution in [-0.4, -0.2) is 42.5 Å². The Balaban J connectivity index is 2.41. The third kappa shape index (κ3) is 7.40. The fourth-order valence-corrected chi connectivity index (χ4v) is 1.73. The first-order valence-corrected chi connectivity index (χ1v) is 8.55. The minimum absolute atomic E-state index is 0.0791. The molecule has 0 saturated carbocycles. The van der Waals surface area contributed by atoms with Crippen molar-refractivity contribution in [3.05, 3.63) is 24.2 Å². The fourth-order valence-electron chi connectivity index (χ4n) is 1.52. The molecule has 3 N–H and O–H groups in total. The molecule has 0 fully saturated rings. The summed E-state index contributed by atoms with van der Waals surface area (Å²) >= 11 is 1.78. The van der Waals surface area contributed by atoms with Crippen LogP contribution in [0.2, 0.25) is 0 Å². The number of carbonyl (C=O) groups excluding carboxylic acids is 1. The van der Waals surface area contributed by atoms with Crippen LogP contribution in [0.15, 0.2) is 27.8 Å². The molecular weight excluding hydrogens is 300 g/mol. The summed E-state index contributed by atoms with van der Waals surface area (Å²) in [5.41, 5.74) is 0. The van der Waals surface area contributed by atoms with E-state index in [-0.39, 0.29) is 17.2 Å². The van der Waals surface area contributed by atoms with Crippen molar-refractivity contribution >= 4 is 23.6 Å². The molecule has 124 valence electrons. The third-order valence-corrected chi connectivity index (χ3v) is 4.25. The molecule has 0 spiro atoms. The van der Waals surface area contributed by atoms with E-state index in [2.05, 4.69) is 41.0 Å². The molecule has 1 aromatic heterocycles. The zero-order valence-corrected chi connectivity index (χ0v) is 14.5. The van der Waals surface area contributed by atoms with Gasteiger partial charge in [-0.05, 0) is 39.2 Å². The minimum atomic E-state index is -0.141. The van der Waals surface area contributed by atoms with Gasteiger partial charge in [-0.2, -0.15) is 11.8 Å². The maximum absolute atomic E-state index is 11.8. The molecule has 0 aliphatic carbocycles. The number of nitrogens with one attached hydrogen (secondary N) is 3. The van der Waals surface area contributed by atoms with Gasteiger partial charge < -0.3 is 20.4 Å². The molecule has 22 heavy (non-hydrogen) atoms. The highest BCUT2D eigenvalue weighted by Gasteiger charge is 2.16. The van der Waals surface area contributed by atoms with Crippen LogP contribution in [0.3, 0.4) is 0 Å². The highest BCUT2D eigenvalue weighted by atomic mass is 32.2. The molecule has 0 saturated heterocycles. The molecule has 0 unspecified atom stereocenters. The molecule has 6 nitrogen and oxygen atoms in total. The minimum Gasteiger partial charge on any atom is -0.467 e. The van der Waals surface area contributed by atoms with Crippen molar-refractivity contribution in [2.24, 2.45) is 4.99 Å². The van der Waals surface area contributed by atoms with Crippen molar-refractivity contribution in [2.75, 3.05) is 25.9 Å². The van der Waals surface area contributed by atoms with Gasteiger partial charge in [0.2, 0.25) is 5.91 Å². The molecule has 0 atom stereocenters. The lowest BCUT2D eigenvalue weighted by Gasteiger charge is -2.23. The van der Waals surface area contributed by atoms with Crippen molar-refractivity contribution in [1.82, 2.24) is 16.0 Å². The summed E-state index contributed by atoms with van der Waals surface area (Å²) in [6.07, 6.45) is 3.66. The number of thioether (sulfide) groups is 1. The van der Waals surface area contributed by atoms with Crippen molar-refractivity contribution < 1.29 is 9.21 Å². The maximum atomic E-state index is 11.8. The highest BCUT2D eigenvalue weighted by Crippen LogP contribution is 2.19. The monoisotopic (exact) mass is 326 g/mol. The van der Waals surface area contributed by atoms with Crippen LogP contribution in [0.5, 0.6) is 0 Å². The second-order valence-corrected chi connectivity index (χ2v) is 6.88. The van der Waals surface area contributed by atoms with Crippen molar-refractivity contribution in [3.63, 3.8) is 0 Å². The summed E-state index contributed by atoms with van der Waals surface area (Å²) in [6.45, 7) is 8.29. The Morgan fingerprint density at radius 1 is 1.36 bits per heavy atom. The van der Waals surface area contributed by atoms with Crippen LogP contribution in [-0.2, 0) is 11.3 Å². The van der Waals surface area contributed by atoms with E-state index in [4.69, 9.17) is 4.42 Å². The summed E-state index contributed by atoms with van der Waals surface area (Å²) in [5.74, 6) is 1.24. The van der Waals surface area contributed by atoms with Gasteiger partial charge in [-0.3, -0.25) is 4.79 Å². The van der Waals surface area contributed by atoms with Crippen molar-refractivity contribution in [2.45, 2.75) is 32.1 Å². The predicted octanol–water partition coefficient (Wildman–Crippen LogP) is 1.59. The first-order chi connectivity index (χ1) is 10.5. The summed E-state index contributed by atoms with van der Waals surface area (Å²) in [5, 5.41) is 9.16. The van der Waals surface area contributed by atoms with E-state index < -0.39 is 0 Å². The molecule has 1 aromatic rings. The summed E-state index contributed by atoms with van der Waals surface area (Å²) in [4.78, 5) is 16.1. The Kier molecular flexibility index (Phi) is 7.87. The SMILES string of the molecule is CCNC(=NCC(=O)NCc1ccco1)NCC(C)(C)SC. The standard InChI is InChI=1S/C15H26N4O2S/c1-5-16-14(19-11-15(2,3)22-4)18-10-13(20)17-9-12-7-6-8-21-12/h6-8H,5,9-11H2,1-4H3,(H,17,20)(H2,16,18,19). The lowest BCUT2D eigenvalue weighted by Crippen LogP contribution is -2.43. The summed E-state index contributed by atoms with van der Waals surface area (Å²) in [7, 11) is 0. The second-order valence-electron chi connectivity index (χ2n) is 5.37. The quantitative estimate of drug-likeness (QED) is 0.499. The Hall–Kier alpha value is -1.63. The van der Waals surface area contributed by atoms with Crippen LogP contribution in [0.4, 0.5) is 0 Å². The van der Waals surface area contributed by atoms with E-state index in [1.54, 1.807) is 24.1 Å². The topological polar surface area (TPSA) is 78.7 Å². The van der Waals surface area contributed by atoms with Gasteiger partial charge in [0.25, 0.3) is 0 Å². The number of amides is 1. The van der Waals surface area contributed by atoms with E-state index in [1.165, 1.54) is 0 Å². The Morgan fingerprint density at radius 3 is 2.73 bits per heavy atom. The molecule has 0 bridgehead atoms. The zero-order valence-electron chi connectivity index (χ0n) is 13.7. The lowest BCUT2D eigenvalue weighted by atomic mass is 10.2. The molecular formula is C15H26N4O2S. The van der Waals surface area contributed by atoms with Gasteiger partial charge in [0.15, 0.2) is 5.96 Å². The summed E-state index contributed by atoms with van der Waals surface area (Å²) in [6, 6.07) is 3.61. The van der Waals surface area contributed by atoms with Gasteiger partial charge in [-0.25, -0.2) is 4.99 Å². The molecule has 0 aliphatic heterocycles. The van der Waals surface area contributed by atoms with Gasteiger partial charge in [-0.15, -0.1) is 0 Å². The van der Waals surface area contributed by atoms with Gasteiger partial charge >= 0.3 is 0 Å². The number of guanidine groups is 1. The molecule has 0 aromatic carbocycles. The van der Waals surface area contributed by atoms with E-state index in [1.807, 2.05) is 13.0 Å². The predicted molar refractivity (Wildman–Crippen MR) is 92.1 cm³/mol. The van der Waals surface area contributed by atoms with Crippen LogP contribution in [0.1, 0.15) is 26.5 Å². The number of hydrogen-bond acceptors (Lipinski definition) is 4. The summed E-state index contributed by atoms with van der Waals surface area (Å²) < 4.78 is 5.27. The van der Waals surface area contributed by atoms with Crippen LogP contribution >= 0.6 is 11.8 Å². The first kappa shape index (κ1) is 18.4. The van der Waals surface area contributed by atoms with E-state index >= 15 is 0 Å². The first-order valence-electron chi connectivity index (χ1n) is 7.33. The number of hydrogen-bond donors (Lipinski definition) is 3. The number of aliphatic imine (C=N–C) groups is 1. The Bertz CT molecular complexity index is 472. The number of carbonyl (C=O) groups is 1. The Labute approximate surface area is 136 Å². The van der Waals surface area contributed by atoms with Crippen LogP contribution < -0.4 is 16.0 Å². The number of furan rings is 1. The average Bonchev–Trinajstić information content (AvgIpc) is 3.01. The molecule has 0 aliphatic rings. The molecule has 1 amide bonds. The lowest BCUT2D eigenvalue weighted by molar-refractivity contribution is -0.119. The number of rotatable bonds is 8. The maximum Gasteiger partial charge on any atom is 0.242 e. The van der Waals surface area contributed by atoms with Gasteiger partial charge in [0.05, 0.1) is 12.8 Å². The normalized spacial score (nSPS) is 12.1. The zero-order chi connectivity index (χ0) is 16.4. The van der Waals surface area contributed by atoms with Crippen molar-refractivity contribution in [3.8, 4) is 0 Å². The van der Waals surface area contributed by atoms with E-state index in [0.717, 1.165) is 18.8 Å². The van der Waals surface area contributed by atoms with E-state index in [0.29, 0.717) is 12.5 Å². The largest absolute Gasteiger partial charge is 0.467 e. The number of nitrogens with zero attached hydrogens (tertiary/aromatic N) is 1. The van der Waals surface area contributed by atoms with Gasteiger partial charge in [0, 0.05) is 17.8 Å².